The van der Waals surface area contributed by atoms with Crippen LogP contribution in [0.15, 0.2) is 29.0 Å². The molecule has 1 N–H and O–H groups in total. The normalized spacial score (nSPS) is 27.9. The molecular weight excluding hydrogens is 486 g/mol. The van der Waals surface area contributed by atoms with Crippen LogP contribution in [-0.2, 0) is 4.74 Å². The van der Waals surface area contributed by atoms with Gasteiger partial charge < -0.3 is 28.6 Å². The van der Waals surface area contributed by atoms with Crippen molar-refractivity contribution in [2.45, 2.75) is 63.2 Å². The predicted octanol–water partition coefficient (Wildman–Crippen LogP) is 3.51. The number of anilines is 1. The van der Waals surface area contributed by atoms with Gasteiger partial charge in [0.05, 0.1) is 11.6 Å². The average Bonchev–Trinajstić information content (AvgIpc) is 3.59. The van der Waals surface area contributed by atoms with E-state index < -0.39 is 18.8 Å². The fourth-order valence-corrected chi connectivity index (χ4v) is 6.91. The zero-order valence-electron chi connectivity index (χ0n) is 21.0. The minimum Gasteiger partial charge on any atom is -0.467 e. The standard InChI is InChI=1S/C23H30BFN6O4S/c1-22-8-9-23(2,31(22)24(3)32)18(25)16(11-22)30(4)21-29-28-20(36-21)15-7-6-14(19-27-26-12-34-19)10-17(15)35-13-33-5/h6-7,10,12,16,18,32H,8-9,11,13H2,1-5H3/t16-,18-,22-,23+/m1/s1. The van der Waals surface area contributed by atoms with E-state index in [1.54, 1.807) is 20.0 Å². The Bertz CT molecular complexity index is 1220. The van der Waals surface area contributed by atoms with E-state index in [1.165, 1.54) is 17.7 Å². The summed E-state index contributed by atoms with van der Waals surface area (Å²) in [5.41, 5.74) is 0.404. The van der Waals surface area contributed by atoms with E-state index in [1.807, 2.05) is 35.8 Å². The smallest absolute Gasteiger partial charge is 0.377 e. The highest BCUT2D eigenvalue weighted by Gasteiger charge is 2.63. The molecule has 36 heavy (non-hydrogen) atoms. The molecule has 1 aromatic carbocycles. The van der Waals surface area contributed by atoms with Crippen LogP contribution in [0, 0.1) is 0 Å². The number of benzene rings is 1. The molecule has 2 bridgehead atoms. The van der Waals surface area contributed by atoms with Crippen LogP contribution in [0.25, 0.3) is 22.0 Å². The van der Waals surface area contributed by atoms with Gasteiger partial charge in [0.25, 0.3) is 0 Å². The first-order valence-electron chi connectivity index (χ1n) is 11.9. The number of aromatic nitrogens is 4. The number of halogens is 1. The quantitative estimate of drug-likeness (QED) is 0.353. The molecule has 4 atom stereocenters. The van der Waals surface area contributed by atoms with Gasteiger partial charge in [-0.2, -0.15) is 0 Å². The van der Waals surface area contributed by atoms with Crippen LogP contribution in [0.5, 0.6) is 5.75 Å². The molecule has 0 radical (unpaired) electrons. The summed E-state index contributed by atoms with van der Waals surface area (Å²) in [5.74, 6) is 0.903. The summed E-state index contributed by atoms with van der Waals surface area (Å²) < 4.78 is 32.3. The maximum atomic E-state index is 16.1. The summed E-state index contributed by atoms with van der Waals surface area (Å²) in [4.78, 5) is 3.86. The lowest BCUT2D eigenvalue weighted by atomic mass is 9.69. The zero-order valence-corrected chi connectivity index (χ0v) is 21.8. The van der Waals surface area contributed by atoms with Gasteiger partial charge in [-0.3, -0.25) is 0 Å². The van der Waals surface area contributed by atoms with Crippen molar-refractivity contribution in [1.82, 2.24) is 25.2 Å². The Morgan fingerprint density at radius 3 is 2.81 bits per heavy atom. The third-order valence-corrected chi connectivity index (χ3v) is 8.67. The van der Waals surface area contributed by atoms with E-state index in [0.29, 0.717) is 40.2 Å². The van der Waals surface area contributed by atoms with Gasteiger partial charge in [-0.25, -0.2) is 4.39 Å². The Labute approximate surface area is 213 Å². The molecule has 5 rings (SSSR count). The molecule has 0 amide bonds. The van der Waals surface area contributed by atoms with Gasteiger partial charge in [0.1, 0.15) is 11.9 Å². The number of rotatable bonds is 8. The molecule has 192 valence electrons. The van der Waals surface area contributed by atoms with Crippen LogP contribution in [0.4, 0.5) is 9.52 Å². The molecule has 4 heterocycles. The van der Waals surface area contributed by atoms with Crippen molar-refractivity contribution >= 4 is 23.5 Å². The second kappa shape index (κ2) is 9.36. The van der Waals surface area contributed by atoms with Crippen molar-refractivity contribution in [2.75, 3.05) is 25.9 Å². The Balaban J connectivity index is 1.43. The molecule has 10 nitrogen and oxygen atoms in total. The van der Waals surface area contributed by atoms with Crippen molar-refractivity contribution in [3.63, 3.8) is 0 Å². The molecule has 3 aromatic rings. The number of ether oxygens (including phenoxy) is 2. The summed E-state index contributed by atoms with van der Waals surface area (Å²) in [6.07, 6.45) is 2.24. The lowest BCUT2D eigenvalue weighted by molar-refractivity contribution is -0.00669. The fraction of sp³-hybridized carbons (Fsp3) is 0.565. The van der Waals surface area contributed by atoms with Crippen LogP contribution in [0.3, 0.4) is 0 Å². The highest BCUT2D eigenvalue weighted by atomic mass is 32.1. The van der Waals surface area contributed by atoms with Crippen molar-refractivity contribution < 1.29 is 23.3 Å². The lowest BCUT2D eigenvalue weighted by Gasteiger charge is -2.55. The van der Waals surface area contributed by atoms with Crippen LogP contribution in [0.2, 0.25) is 6.82 Å². The molecule has 0 spiro atoms. The first-order chi connectivity index (χ1) is 17.2. The topological polar surface area (TPSA) is 110 Å². The molecule has 13 heteroatoms. The number of fused-ring (bicyclic) bond motifs is 2. The molecule has 2 fully saturated rings. The molecule has 2 aliphatic rings. The van der Waals surface area contributed by atoms with E-state index in [2.05, 4.69) is 27.3 Å². The molecule has 0 aliphatic carbocycles. The van der Waals surface area contributed by atoms with Crippen molar-refractivity contribution in [3.05, 3.63) is 24.6 Å². The summed E-state index contributed by atoms with van der Waals surface area (Å²) in [7, 11) is 2.71. The SMILES string of the molecule is COCOc1cc(-c2nnco2)ccc1-c1nnc(N(C)[C@@H]2C[C@@]3(C)CC[C@@](C)([C@@H]2F)N3B(C)O)s1. The first-order valence-corrected chi connectivity index (χ1v) is 12.7. The van der Waals surface area contributed by atoms with E-state index in [4.69, 9.17) is 13.9 Å². The Kier molecular flexibility index (Phi) is 6.52. The van der Waals surface area contributed by atoms with Gasteiger partial charge in [-0.15, -0.1) is 20.4 Å². The van der Waals surface area contributed by atoms with Crippen molar-refractivity contribution in [2.24, 2.45) is 0 Å². The number of nitrogens with zero attached hydrogens (tertiary/aromatic N) is 6. The Hall–Kier alpha value is -2.61. The number of methoxy groups -OCH3 is 1. The maximum Gasteiger partial charge on any atom is 0.377 e. The number of hydrogen-bond acceptors (Lipinski definition) is 11. The van der Waals surface area contributed by atoms with Crippen LogP contribution < -0.4 is 9.64 Å². The second-order valence-electron chi connectivity index (χ2n) is 10.0. The highest BCUT2D eigenvalue weighted by Crippen LogP contribution is 2.53. The molecule has 0 unspecified atom stereocenters. The van der Waals surface area contributed by atoms with E-state index in [-0.39, 0.29) is 18.4 Å². The fourth-order valence-electron chi connectivity index (χ4n) is 6.01. The predicted molar refractivity (Wildman–Crippen MR) is 135 cm³/mol. The molecule has 2 saturated heterocycles. The third kappa shape index (κ3) is 4.07. The van der Waals surface area contributed by atoms with E-state index in [0.717, 1.165) is 12.0 Å². The zero-order chi connectivity index (χ0) is 25.7. The van der Waals surface area contributed by atoms with Crippen LogP contribution >= 0.6 is 11.3 Å². The Morgan fingerprint density at radius 2 is 2.11 bits per heavy atom. The van der Waals surface area contributed by atoms with E-state index >= 15 is 4.39 Å². The highest BCUT2D eigenvalue weighted by molar-refractivity contribution is 7.18. The summed E-state index contributed by atoms with van der Waals surface area (Å²) in [5, 5.41) is 28.2. The lowest BCUT2D eigenvalue weighted by Crippen LogP contribution is -2.70. The number of hydrogen-bond donors (Lipinski definition) is 1. The molecule has 0 saturated carbocycles. The van der Waals surface area contributed by atoms with Gasteiger partial charge >= 0.3 is 7.05 Å². The van der Waals surface area contributed by atoms with Crippen molar-refractivity contribution in [3.8, 4) is 27.8 Å². The minimum atomic E-state index is -1.16. The Morgan fingerprint density at radius 1 is 1.31 bits per heavy atom. The van der Waals surface area contributed by atoms with Crippen LogP contribution in [0.1, 0.15) is 33.1 Å². The van der Waals surface area contributed by atoms with Gasteiger partial charge in [0.2, 0.25) is 17.4 Å². The molecule has 2 aliphatic heterocycles. The van der Waals surface area contributed by atoms with Gasteiger partial charge in [-0.05, 0) is 58.1 Å². The summed E-state index contributed by atoms with van der Waals surface area (Å²) in [6, 6.07) is 5.10. The van der Waals surface area contributed by atoms with Gasteiger partial charge in [0.15, 0.2) is 11.8 Å². The summed E-state index contributed by atoms with van der Waals surface area (Å²) in [6.45, 7) is 5.82. The van der Waals surface area contributed by atoms with Gasteiger partial charge in [-0.1, -0.05) is 11.3 Å². The molecular formula is C23H30BFN6O4S. The number of alkyl halides is 1. The average molecular weight is 516 g/mol. The van der Waals surface area contributed by atoms with Crippen LogP contribution in [-0.4, -0.2) is 81.5 Å². The van der Waals surface area contributed by atoms with Crippen molar-refractivity contribution in [1.29, 1.82) is 0 Å². The summed E-state index contributed by atoms with van der Waals surface area (Å²) >= 11 is 1.37. The largest absolute Gasteiger partial charge is 0.467 e. The maximum absolute atomic E-state index is 16.1. The first kappa shape index (κ1) is 25.1. The molecule has 2 aromatic heterocycles. The minimum absolute atomic E-state index is 0.0500. The number of piperidine rings is 1. The monoisotopic (exact) mass is 516 g/mol. The van der Waals surface area contributed by atoms with Gasteiger partial charge in [0, 0.05) is 30.8 Å². The van der Waals surface area contributed by atoms with E-state index in [9.17, 15) is 5.02 Å². The second-order valence-corrected chi connectivity index (χ2v) is 11.0. The third-order valence-electron chi connectivity index (χ3n) is 7.62.